The van der Waals surface area contributed by atoms with Gasteiger partial charge in [-0.25, -0.2) is 0 Å². The first kappa shape index (κ1) is 12.0. The van der Waals surface area contributed by atoms with E-state index in [2.05, 4.69) is 12.2 Å². The summed E-state index contributed by atoms with van der Waals surface area (Å²) < 4.78 is 0. The summed E-state index contributed by atoms with van der Waals surface area (Å²) in [6, 6.07) is 0.720. The van der Waals surface area contributed by atoms with Crippen molar-refractivity contribution in [2.24, 2.45) is 5.92 Å². The maximum atomic E-state index is 9.07. The van der Waals surface area contributed by atoms with Crippen LogP contribution in [-0.2, 0) is 0 Å². The molecule has 0 saturated heterocycles. The van der Waals surface area contributed by atoms with E-state index < -0.39 is 0 Å². The highest BCUT2D eigenvalue weighted by Gasteiger charge is 2.13. The molecule has 0 heterocycles. The number of nitrogens with one attached hydrogen (secondary N) is 1. The Labute approximate surface area is 88.1 Å². The minimum atomic E-state index is 0.330. The fraction of sp³-hybridized carbons (Fsp3) is 1.00. The molecule has 1 aliphatic carbocycles. The van der Waals surface area contributed by atoms with E-state index in [0.29, 0.717) is 12.5 Å². The van der Waals surface area contributed by atoms with Crippen molar-refractivity contribution < 1.29 is 5.11 Å². The van der Waals surface area contributed by atoms with E-state index >= 15 is 0 Å². The van der Waals surface area contributed by atoms with E-state index in [9.17, 15) is 0 Å². The van der Waals surface area contributed by atoms with Crippen molar-refractivity contribution in [3.05, 3.63) is 0 Å². The van der Waals surface area contributed by atoms with Gasteiger partial charge < -0.3 is 10.4 Å². The molecule has 1 rings (SSSR count). The van der Waals surface area contributed by atoms with Crippen LogP contribution >= 0.6 is 0 Å². The van der Waals surface area contributed by atoms with Crippen LogP contribution in [0.4, 0.5) is 0 Å². The van der Waals surface area contributed by atoms with E-state index in [-0.39, 0.29) is 0 Å². The van der Waals surface area contributed by atoms with Crippen LogP contribution in [0.3, 0.4) is 0 Å². The van der Waals surface area contributed by atoms with Gasteiger partial charge in [-0.2, -0.15) is 0 Å². The van der Waals surface area contributed by atoms with Gasteiger partial charge in [0.05, 0.1) is 0 Å². The van der Waals surface area contributed by atoms with Gasteiger partial charge in [-0.05, 0) is 25.2 Å². The number of aliphatic hydroxyl groups excluding tert-OH is 1. The molecule has 0 amide bonds. The molecule has 1 aliphatic rings. The summed E-state index contributed by atoms with van der Waals surface area (Å²) in [6.07, 6.45) is 9.34. The van der Waals surface area contributed by atoms with Crippen molar-refractivity contribution in [3.8, 4) is 0 Å². The molecule has 14 heavy (non-hydrogen) atoms. The van der Waals surface area contributed by atoms with Gasteiger partial charge in [0.1, 0.15) is 0 Å². The summed E-state index contributed by atoms with van der Waals surface area (Å²) in [5.41, 5.74) is 0. The van der Waals surface area contributed by atoms with E-state index in [4.69, 9.17) is 5.11 Å². The second-order valence-electron chi connectivity index (χ2n) is 4.55. The second kappa shape index (κ2) is 7.24. The Hall–Kier alpha value is -0.0800. The van der Waals surface area contributed by atoms with Crippen molar-refractivity contribution in [1.82, 2.24) is 5.32 Å². The molecule has 2 heteroatoms. The van der Waals surface area contributed by atoms with Crippen LogP contribution in [0.5, 0.6) is 0 Å². The molecule has 0 aromatic carbocycles. The zero-order valence-corrected chi connectivity index (χ0v) is 9.47. The SMILES string of the molecule is CCC(CO)CNC1CCCCCC1. The molecular weight excluding hydrogens is 174 g/mol. The summed E-state index contributed by atoms with van der Waals surface area (Å²) in [4.78, 5) is 0. The highest BCUT2D eigenvalue weighted by Crippen LogP contribution is 2.17. The molecule has 0 spiro atoms. The van der Waals surface area contributed by atoms with Gasteiger partial charge >= 0.3 is 0 Å². The fourth-order valence-electron chi connectivity index (χ4n) is 2.15. The minimum absolute atomic E-state index is 0.330. The van der Waals surface area contributed by atoms with Gasteiger partial charge in [0.15, 0.2) is 0 Å². The normalized spacial score (nSPS) is 21.9. The molecule has 0 radical (unpaired) electrons. The molecule has 1 unspecified atom stereocenters. The summed E-state index contributed by atoms with van der Waals surface area (Å²) in [6.45, 7) is 3.48. The van der Waals surface area contributed by atoms with Crippen LogP contribution in [0, 0.1) is 5.92 Å². The van der Waals surface area contributed by atoms with Crippen molar-refractivity contribution in [3.63, 3.8) is 0 Å². The Morgan fingerprint density at radius 3 is 2.36 bits per heavy atom. The van der Waals surface area contributed by atoms with Crippen molar-refractivity contribution in [2.45, 2.75) is 57.9 Å². The van der Waals surface area contributed by atoms with Crippen LogP contribution < -0.4 is 5.32 Å². The molecule has 0 aromatic rings. The third-order valence-electron chi connectivity index (χ3n) is 3.39. The molecule has 0 aliphatic heterocycles. The van der Waals surface area contributed by atoms with E-state index in [1.165, 1.54) is 38.5 Å². The summed E-state index contributed by atoms with van der Waals surface area (Å²) in [5, 5.41) is 12.7. The van der Waals surface area contributed by atoms with Crippen molar-refractivity contribution in [1.29, 1.82) is 0 Å². The summed E-state index contributed by atoms with van der Waals surface area (Å²) in [5.74, 6) is 0.457. The van der Waals surface area contributed by atoms with Crippen LogP contribution in [-0.4, -0.2) is 24.3 Å². The molecule has 0 bridgehead atoms. The Morgan fingerprint density at radius 1 is 1.21 bits per heavy atom. The van der Waals surface area contributed by atoms with Gasteiger partial charge in [0.25, 0.3) is 0 Å². The number of hydrogen-bond acceptors (Lipinski definition) is 2. The predicted molar refractivity (Wildman–Crippen MR) is 60.4 cm³/mol. The summed E-state index contributed by atoms with van der Waals surface area (Å²) >= 11 is 0. The van der Waals surface area contributed by atoms with E-state index in [0.717, 1.165) is 19.0 Å². The Morgan fingerprint density at radius 2 is 1.86 bits per heavy atom. The lowest BCUT2D eigenvalue weighted by molar-refractivity contribution is 0.213. The highest BCUT2D eigenvalue weighted by atomic mass is 16.3. The average molecular weight is 199 g/mol. The number of rotatable bonds is 5. The van der Waals surface area contributed by atoms with Crippen LogP contribution in [0.2, 0.25) is 0 Å². The Balaban J connectivity index is 2.14. The molecule has 1 atom stereocenters. The largest absolute Gasteiger partial charge is 0.396 e. The zero-order valence-electron chi connectivity index (χ0n) is 9.47. The quantitative estimate of drug-likeness (QED) is 0.666. The lowest BCUT2D eigenvalue weighted by Gasteiger charge is -2.19. The maximum Gasteiger partial charge on any atom is 0.0471 e. The minimum Gasteiger partial charge on any atom is -0.396 e. The fourth-order valence-corrected chi connectivity index (χ4v) is 2.15. The molecular formula is C12H25NO. The predicted octanol–water partition coefficient (Wildman–Crippen LogP) is 2.32. The monoisotopic (exact) mass is 199 g/mol. The van der Waals surface area contributed by atoms with Crippen LogP contribution in [0.25, 0.3) is 0 Å². The third-order valence-corrected chi connectivity index (χ3v) is 3.39. The van der Waals surface area contributed by atoms with Crippen molar-refractivity contribution >= 4 is 0 Å². The summed E-state index contributed by atoms with van der Waals surface area (Å²) in [7, 11) is 0. The molecule has 84 valence electrons. The van der Waals surface area contributed by atoms with Crippen LogP contribution in [0.15, 0.2) is 0 Å². The van der Waals surface area contributed by atoms with Crippen LogP contribution in [0.1, 0.15) is 51.9 Å². The number of hydrogen-bond donors (Lipinski definition) is 2. The standard InChI is InChI=1S/C12H25NO/c1-2-11(10-14)9-13-12-7-5-3-4-6-8-12/h11-14H,2-10H2,1H3. The van der Waals surface area contributed by atoms with Gasteiger partial charge in [0, 0.05) is 19.2 Å². The van der Waals surface area contributed by atoms with Gasteiger partial charge in [-0.3, -0.25) is 0 Å². The molecule has 1 fully saturated rings. The maximum absolute atomic E-state index is 9.07. The smallest absolute Gasteiger partial charge is 0.0471 e. The average Bonchev–Trinajstić information content (AvgIpc) is 2.48. The van der Waals surface area contributed by atoms with E-state index in [1.54, 1.807) is 0 Å². The molecule has 1 saturated carbocycles. The first-order valence-electron chi connectivity index (χ1n) is 6.21. The Bertz CT molecular complexity index is 126. The first-order valence-corrected chi connectivity index (χ1v) is 6.21. The van der Waals surface area contributed by atoms with Crippen molar-refractivity contribution in [2.75, 3.05) is 13.2 Å². The van der Waals surface area contributed by atoms with Gasteiger partial charge in [-0.1, -0.05) is 32.6 Å². The zero-order chi connectivity index (χ0) is 10.2. The third kappa shape index (κ3) is 4.43. The Kier molecular flexibility index (Phi) is 6.20. The lowest BCUT2D eigenvalue weighted by atomic mass is 10.1. The highest BCUT2D eigenvalue weighted by molar-refractivity contribution is 4.72. The van der Waals surface area contributed by atoms with E-state index in [1.807, 2.05) is 0 Å². The lowest BCUT2D eigenvalue weighted by Crippen LogP contribution is -2.34. The number of aliphatic hydroxyl groups is 1. The molecule has 2 N–H and O–H groups in total. The van der Waals surface area contributed by atoms with Gasteiger partial charge in [-0.15, -0.1) is 0 Å². The topological polar surface area (TPSA) is 32.3 Å². The van der Waals surface area contributed by atoms with Gasteiger partial charge in [0.2, 0.25) is 0 Å². The molecule has 2 nitrogen and oxygen atoms in total. The molecule has 0 aromatic heterocycles. The first-order chi connectivity index (χ1) is 6.86. The second-order valence-corrected chi connectivity index (χ2v) is 4.55.